The normalized spacial score (nSPS) is 15.5. The summed E-state index contributed by atoms with van der Waals surface area (Å²) in [6, 6.07) is 8.67. The molecule has 28 heavy (non-hydrogen) atoms. The molecule has 0 spiro atoms. The predicted molar refractivity (Wildman–Crippen MR) is 99.2 cm³/mol. The predicted octanol–water partition coefficient (Wildman–Crippen LogP) is 0.858. The SMILES string of the molecule is COC(=O)[C@H]1Cc2ccccc2CN1C(=O)Cn1nc(C)c(C)c(C#N)c1=O. The summed E-state index contributed by atoms with van der Waals surface area (Å²) >= 11 is 0. The molecule has 2 heterocycles. The Morgan fingerprint density at radius 3 is 2.61 bits per heavy atom. The van der Waals surface area contributed by atoms with E-state index in [1.54, 1.807) is 13.8 Å². The highest BCUT2D eigenvalue weighted by atomic mass is 16.5. The van der Waals surface area contributed by atoms with Gasteiger partial charge in [0.25, 0.3) is 5.56 Å². The first kappa shape index (κ1) is 19.3. The third kappa shape index (κ3) is 3.39. The van der Waals surface area contributed by atoms with Crippen molar-refractivity contribution < 1.29 is 14.3 Å². The Balaban J connectivity index is 1.95. The molecule has 3 rings (SSSR count). The van der Waals surface area contributed by atoms with Crippen LogP contribution in [-0.4, -0.2) is 39.7 Å². The van der Waals surface area contributed by atoms with Gasteiger partial charge in [0.2, 0.25) is 5.91 Å². The van der Waals surface area contributed by atoms with Crippen LogP contribution in [0.1, 0.15) is 27.9 Å². The number of benzene rings is 1. The number of hydrogen-bond acceptors (Lipinski definition) is 6. The number of amides is 1. The van der Waals surface area contributed by atoms with Crippen molar-refractivity contribution in [3.8, 4) is 6.07 Å². The van der Waals surface area contributed by atoms with E-state index in [1.165, 1.54) is 12.0 Å². The van der Waals surface area contributed by atoms with Crippen LogP contribution in [0.3, 0.4) is 0 Å². The number of hydrogen-bond donors (Lipinski definition) is 0. The summed E-state index contributed by atoms with van der Waals surface area (Å²) in [7, 11) is 1.28. The summed E-state index contributed by atoms with van der Waals surface area (Å²) in [6.45, 7) is 3.19. The van der Waals surface area contributed by atoms with Gasteiger partial charge in [-0.1, -0.05) is 24.3 Å². The first-order valence-corrected chi connectivity index (χ1v) is 8.79. The standard InChI is InChI=1S/C20H20N4O4/c1-12-13(2)22-24(19(26)16(12)9-21)11-18(25)23-10-15-7-5-4-6-14(15)8-17(23)20(27)28-3/h4-7,17H,8,10-11H2,1-3H3/t17-/m1/s1. The van der Waals surface area contributed by atoms with Crippen molar-refractivity contribution in [3.05, 3.63) is 62.6 Å². The van der Waals surface area contributed by atoms with Crippen molar-refractivity contribution in [3.63, 3.8) is 0 Å². The lowest BCUT2D eigenvalue weighted by molar-refractivity contribution is -0.154. The summed E-state index contributed by atoms with van der Waals surface area (Å²) < 4.78 is 5.85. The Morgan fingerprint density at radius 2 is 1.96 bits per heavy atom. The largest absolute Gasteiger partial charge is 0.467 e. The van der Waals surface area contributed by atoms with Crippen LogP contribution in [0.2, 0.25) is 0 Å². The van der Waals surface area contributed by atoms with E-state index in [4.69, 9.17) is 4.74 Å². The number of aromatic nitrogens is 2. The second-order valence-electron chi connectivity index (χ2n) is 6.69. The van der Waals surface area contributed by atoms with Crippen molar-refractivity contribution in [2.24, 2.45) is 0 Å². The first-order valence-electron chi connectivity index (χ1n) is 8.79. The van der Waals surface area contributed by atoms with Gasteiger partial charge in [-0.25, -0.2) is 9.48 Å². The number of nitrogens with zero attached hydrogens (tertiary/aromatic N) is 4. The first-order chi connectivity index (χ1) is 13.4. The minimum absolute atomic E-state index is 0.0335. The monoisotopic (exact) mass is 380 g/mol. The lowest BCUT2D eigenvalue weighted by Crippen LogP contribution is -2.51. The highest BCUT2D eigenvalue weighted by molar-refractivity contribution is 5.85. The van der Waals surface area contributed by atoms with Gasteiger partial charge in [-0.15, -0.1) is 0 Å². The van der Waals surface area contributed by atoms with Gasteiger partial charge >= 0.3 is 5.97 Å². The molecule has 1 aromatic carbocycles. The lowest BCUT2D eigenvalue weighted by Gasteiger charge is -2.35. The van der Waals surface area contributed by atoms with Gasteiger partial charge in [-0.3, -0.25) is 9.59 Å². The molecule has 2 aromatic rings. The van der Waals surface area contributed by atoms with Crippen molar-refractivity contribution in [2.45, 2.75) is 39.4 Å². The van der Waals surface area contributed by atoms with Gasteiger partial charge in [0.05, 0.1) is 12.8 Å². The van der Waals surface area contributed by atoms with Crippen LogP contribution >= 0.6 is 0 Å². The van der Waals surface area contributed by atoms with Crippen LogP contribution < -0.4 is 5.56 Å². The zero-order valence-corrected chi connectivity index (χ0v) is 15.9. The Bertz CT molecular complexity index is 1050. The Labute approximate surface area is 162 Å². The Morgan fingerprint density at radius 1 is 1.29 bits per heavy atom. The highest BCUT2D eigenvalue weighted by Gasteiger charge is 2.35. The molecule has 1 atom stereocenters. The Hall–Kier alpha value is -3.47. The number of rotatable bonds is 3. The van der Waals surface area contributed by atoms with Crippen molar-refractivity contribution >= 4 is 11.9 Å². The molecule has 0 aliphatic carbocycles. The van der Waals surface area contributed by atoms with Crippen molar-refractivity contribution in [1.82, 2.24) is 14.7 Å². The minimum Gasteiger partial charge on any atom is -0.467 e. The molecule has 1 amide bonds. The molecule has 8 heteroatoms. The average molecular weight is 380 g/mol. The molecule has 0 saturated heterocycles. The number of carbonyl (C=O) groups excluding carboxylic acids is 2. The maximum absolute atomic E-state index is 13.0. The van der Waals surface area contributed by atoms with Gasteiger partial charge < -0.3 is 9.64 Å². The third-order valence-corrected chi connectivity index (χ3v) is 5.08. The van der Waals surface area contributed by atoms with E-state index in [0.717, 1.165) is 15.8 Å². The fourth-order valence-corrected chi connectivity index (χ4v) is 3.36. The molecule has 1 aromatic heterocycles. The number of fused-ring (bicyclic) bond motifs is 1. The van der Waals surface area contributed by atoms with E-state index in [9.17, 15) is 19.6 Å². The van der Waals surface area contributed by atoms with Crippen molar-refractivity contribution in [2.75, 3.05) is 7.11 Å². The summed E-state index contributed by atoms with van der Waals surface area (Å²) in [5, 5.41) is 13.4. The van der Waals surface area contributed by atoms with Gasteiger partial charge in [0.15, 0.2) is 0 Å². The van der Waals surface area contributed by atoms with E-state index in [1.807, 2.05) is 30.3 Å². The van der Waals surface area contributed by atoms with Crippen LogP contribution in [-0.2, 0) is 33.8 Å². The van der Waals surface area contributed by atoms with Crippen LogP contribution in [0.5, 0.6) is 0 Å². The maximum Gasteiger partial charge on any atom is 0.328 e. The van der Waals surface area contributed by atoms with Crippen molar-refractivity contribution in [1.29, 1.82) is 5.26 Å². The lowest BCUT2D eigenvalue weighted by atomic mass is 9.94. The number of esters is 1. The average Bonchev–Trinajstić information content (AvgIpc) is 2.70. The summed E-state index contributed by atoms with van der Waals surface area (Å²) in [4.78, 5) is 39.1. The second kappa shape index (κ2) is 7.64. The van der Waals surface area contributed by atoms with E-state index in [-0.39, 0.29) is 18.7 Å². The molecular weight excluding hydrogens is 360 g/mol. The van der Waals surface area contributed by atoms with E-state index in [0.29, 0.717) is 17.7 Å². The second-order valence-corrected chi connectivity index (χ2v) is 6.69. The fourth-order valence-electron chi connectivity index (χ4n) is 3.36. The number of ether oxygens (including phenoxy) is 1. The molecule has 0 radical (unpaired) electrons. The number of carbonyl (C=O) groups is 2. The van der Waals surface area contributed by atoms with Crippen LogP contribution in [0, 0.1) is 25.2 Å². The highest BCUT2D eigenvalue weighted by Crippen LogP contribution is 2.24. The quantitative estimate of drug-likeness (QED) is 0.731. The zero-order chi connectivity index (χ0) is 20.4. The molecule has 0 fully saturated rings. The van der Waals surface area contributed by atoms with Gasteiger partial charge in [-0.05, 0) is 30.5 Å². The van der Waals surface area contributed by atoms with Crippen LogP contribution in [0.4, 0.5) is 0 Å². The van der Waals surface area contributed by atoms with Gasteiger partial charge in [-0.2, -0.15) is 10.4 Å². The molecule has 1 aliphatic rings. The third-order valence-electron chi connectivity index (χ3n) is 5.08. The van der Waals surface area contributed by atoms with Crippen LogP contribution in [0.15, 0.2) is 29.1 Å². The van der Waals surface area contributed by atoms with E-state index >= 15 is 0 Å². The molecule has 0 bridgehead atoms. The molecule has 1 aliphatic heterocycles. The minimum atomic E-state index is -0.773. The van der Waals surface area contributed by atoms with Gasteiger partial charge in [0, 0.05) is 13.0 Å². The molecule has 8 nitrogen and oxygen atoms in total. The molecule has 144 valence electrons. The van der Waals surface area contributed by atoms with E-state index < -0.39 is 23.5 Å². The van der Waals surface area contributed by atoms with E-state index in [2.05, 4.69) is 5.10 Å². The molecule has 0 unspecified atom stereocenters. The number of methoxy groups -OCH3 is 1. The number of nitriles is 1. The van der Waals surface area contributed by atoms with Crippen LogP contribution in [0.25, 0.3) is 0 Å². The smallest absolute Gasteiger partial charge is 0.328 e. The zero-order valence-electron chi connectivity index (χ0n) is 15.9. The summed E-state index contributed by atoms with van der Waals surface area (Å²) in [5.41, 5.74) is 2.26. The molecule has 0 N–H and O–H groups in total. The maximum atomic E-state index is 13.0. The van der Waals surface area contributed by atoms with Gasteiger partial charge in [0.1, 0.15) is 24.2 Å². The number of aryl methyl sites for hydroxylation is 1. The topological polar surface area (TPSA) is 105 Å². The molecular formula is C20H20N4O4. The summed E-state index contributed by atoms with van der Waals surface area (Å²) in [6.07, 6.45) is 0.341. The fraction of sp³-hybridized carbons (Fsp3) is 0.350. The summed E-state index contributed by atoms with van der Waals surface area (Å²) in [5.74, 6) is -0.951. The Kier molecular flexibility index (Phi) is 5.27. The molecule has 0 saturated carbocycles.